The minimum atomic E-state index is 0.0612. The van der Waals surface area contributed by atoms with E-state index in [0.29, 0.717) is 0 Å². The van der Waals surface area contributed by atoms with Crippen LogP contribution in [0.4, 0.5) is 0 Å². The molecule has 15 heavy (non-hydrogen) atoms. The molecule has 3 nitrogen and oxygen atoms in total. The molecule has 0 fully saturated rings. The van der Waals surface area contributed by atoms with Crippen LogP contribution in [0, 0.1) is 0 Å². The first-order chi connectivity index (χ1) is 7.31. The molecule has 0 radical (unpaired) electrons. The van der Waals surface area contributed by atoms with Gasteiger partial charge in [0, 0.05) is 29.7 Å². The molecule has 0 aliphatic carbocycles. The van der Waals surface area contributed by atoms with Crippen LogP contribution in [0.2, 0.25) is 0 Å². The van der Waals surface area contributed by atoms with E-state index in [-0.39, 0.29) is 6.04 Å². The molecule has 2 aromatic rings. The molecule has 2 aromatic heterocycles. The fourth-order valence-corrected chi connectivity index (χ4v) is 2.68. The van der Waals surface area contributed by atoms with Crippen LogP contribution < -0.4 is 5.73 Å². The van der Waals surface area contributed by atoms with E-state index in [2.05, 4.69) is 28.3 Å². The lowest BCUT2D eigenvalue weighted by Crippen LogP contribution is -2.14. The molecule has 0 spiro atoms. The Morgan fingerprint density at radius 1 is 1.60 bits per heavy atom. The highest BCUT2D eigenvalue weighted by Crippen LogP contribution is 2.25. The van der Waals surface area contributed by atoms with Gasteiger partial charge in [-0.25, -0.2) is 4.98 Å². The summed E-state index contributed by atoms with van der Waals surface area (Å²) >= 11 is 1.74. The largest absolute Gasteiger partial charge is 0.349 e. The number of H-pyrrole nitrogens is 1. The molecule has 2 rings (SSSR count). The van der Waals surface area contributed by atoms with Crippen molar-refractivity contribution in [3.63, 3.8) is 0 Å². The highest BCUT2D eigenvalue weighted by atomic mass is 32.1. The number of nitrogens with two attached hydrogens (primary N) is 1. The molecule has 0 aromatic carbocycles. The highest BCUT2D eigenvalue weighted by molar-refractivity contribution is 7.10. The number of aryl methyl sites for hydroxylation is 1. The van der Waals surface area contributed by atoms with Gasteiger partial charge in [0.15, 0.2) is 0 Å². The molecule has 1 atom stereocenters. The van der Waals surface area contributed by atoms with Crippen molar-refractivity contribution in [2.75, 3.05) is 0 Å². The van der Waals surface area contributed by atoms with Crippen molar-refractivity contribution >= 4 is 11.3 Å². The topological polar surface area (TPSA) is 54.7 Å². The lowest BCUT2D eigenvalue weighted by Gasteiger charge is -2.10. The van der Waals surface area contributed by atoms with E-state index in [0.717, 1.165) is 18.7 Å². The molecule has 0 amide bonds. The Morgan fingerprint density at radius 2 is 2.47 bits per heavy atom. The fraction of sp³-hybridized carbons (Fsp3) is 0.364. The molecular formula is C11H15N3S. The zero-order valence-electron chi connectivity index (χ0n) is 8.73. The molecule has 0 aliphatic rings. The van der Waals surface area contributed by atoms with Crippen LogP contribution >= 0.6 is 11.3 Å². The van der Waals surface area contributed by atoms with E-state index >= 15 is 0 Å². The van der Waals surface area contributed by atoms with Gasteiger partial charge in [-0.1, -0.05) is 6.92 Å². The van der Waals surface area contributed by atoms with Gasteiger partial charge >= 0.3 is 0 Å². The van der Waals surface area contributed by atoms with E-state index in [1.54, 1.807) is 17.5 Å². The standard InChI is InChI=1S/C11H15N3S/c1-2-8-3-6-15-11(8)9(12)7-10-13-4-5-14-10/h3-6,9H,2,7,12H2,1H3,(H,13,14). The zero-order valence-corrected chi connectivity index (χ0v) is 9.55. The Bertz CT molecular complexity index is 405. The Morgan fingerprint density at radius 3 is 3.13 bits per heavy atom. The molecule has 0 saturated carbocycles. The quantitative estimate of drug-likeness (QED) is 0.832. The number of imidazole rings is 1. The molecule has 0 bridgehead atoms. The third-order valence-corrected chi connectivity index (χ3v) is 3.56. The number of nitrogens with zero attached hydrogens (tertiary/aromatic N) is 1. The van der Waals surface area contributed by atoms with Crippen LogP contribution in [-0.4, -0.2) is 9.97 Å². The van der Waals surface area contributed by atoms with Crippen LogP contribution in [-0.2, 0) is 12.8 Å². The summed E-state index contributed by atoms with van der Waals surface area (Å²) in [4.78, 5) is 8.56. The third kappa shape index (κ3) is 2.27. The van der Waals surface area contributed by atoms with Gasteiger partial charge in [-0.3, -0.25) is 0 Å². The second-order valence-corrected chi connectivity index (χ2v) is 4.46. The SMILES string of the molecule is CCc1ccsc1C(N)Cc1ncc[nH]1. The number of nitrogens with one attached hydrogen (secondary N) is 1. The molecule has 0 saturated heterocycles. The molecule has 0 aliphatic heterocycles. The van der Waals surface area contributed by atoms with Crippen LogP contribution in [0.25, 0.3) is 0 Å². The van der Waals surface area contributed by atoms with Crippen molar-refractivity contribution in [3.05, 3.63) is 40.1 Å². The normalized spacial score (nSPS) is 12.9. The summed E-state index contributed by atoms with van der Waals surface area (Å²) < 4.78 is 0. The molecule has 1 unspecified atom stereocenters. The summed E-state index contributed by atoms with van der Waals surface area (Å²) in [6.07, 6.45) is 5.42. The van der Waals surface area contributed by atoms with Crippen molar-refractivity contribution < 1.29 is 0 Å². The number of rotatable bonds is 4. The maximum absolute atomic E-state index is 6.16. The monoisotopic (exact) mass is 221 g/mol. The van der Waals surface area contributed by atoms with Gasteiger partial charge in [-0.05, 0) is 23.4 Å². The number of thiophene rings is 1. The predicted octanol–water partition coefficient (Wildman–Crippen LogP) is 2.28. The summed E-state index contributed by atoms with van der Waals surface area (Å²) in [6, 6.07) is 2.22. The first-order valence-electron chi connectivity index (χ1n) is 5.11. The van der Waals surface area contributed by atoms with Crippen LogP contribution in [0.3, 0.4) is 0 Å². The Hall–Kier alpha value is -1.13. The summed E-state index contributed by atoms with van der Waals surface area (Å²) in [5, 5.41) is 2.11. The average molecular weight is 221 g/mol. The smallest absolute Gasteiger partial charge is 0.107 e. The number of aromatic nitrogens is 2. The van der Waals surface area contributed by atoms with Gasteiger partial charge in [0.25, 0.3) is 0 Å². The zero-order chi connectivity index (χ0) is 10.7. The molecule has 3 N–H and O–H groups in total. The van der Waals surface area contributed by atoms with Gasteiger partial charge < -0.3 is 10.7 Å². The first kappa shape index (κ1) is 10.4. The molecule has 80 valence electrons. The molecule has 4 heteroatoms. The number of hydrogen-bond acceptors (Lipinski definition) is 3. The summed E-state index contributed by atoms with van der Waals surface area (Å²) in [5.74, 6) is 0.956. The van der Waals surface area contributed by atoms with Crippen molar-refractivity contribution in [2.24, 2.45) is 5.73 Å². The van der Waals surface area contributed by atoms with Crippen LogP contribution in [0.5, 0.6) is 0 Å². The van der Waals surface area contributed by atoms with Crippen molar-refractivity contribution in [2.45, 2.75) is 25.8 Å². The Kier molecular flexibility index (Phi) is 3.18. The fourth-order valence-electron chi connectivity index (χ4n) is 1.68. The average Bonchev–Trinajstić information content (AvgIpc) is 2.86. The van der Waals surface area contributed by atoms with Crippen molar-refractivity contribution in [1.29, 1.82) is 0 Å². The van der Waals surface area contributed by atoms with Gasteiger partial charge in [0.1, 0.15) is 5.82 Å². The maximum atomic E-state index is 6.16. The van der Waals surface area contributed by atoms with Gasteiger partial charge in [-0.2, -0.15) is 0 Å². The highest BCUT2D eigenvalue weighted by Gasteiger charge is 2.13. The minimum absolute atomic E-state index is 0.0612. The summed E-state index contributed by atoms with van der Waals surface area (Å²) in [7, 11) is 0. The summed E-state index contributed by atoms with van der Waals surface area (Å²) in [5.41, 5.74) is 7.52. The molecular weight excluding hydrogens is 206 g/mol. The molecule has 2 heterocycles. The van der Waals surface area contributed by atoms with Crippen LogP contribution in [0.15, 0.2) is 23.8 Å². The van der Waals surface area contributed by atoms with E-state index in [1.807, 2.05) is 6.20 Å². The predicted molar refractivity (Wildman–Crippen MR) is 62.9 cm³/mol. The lowest BCUT2D eigenvalue weighted by molar-refractivity contribution is 0.700. The third-order valence-electron chi connectivity index (χ3n) is 2.47. The number of hydrogen-bond donors (Lipinski definition) is 2. The first-order valence-corrected chi connectivity index (χ1v) is 5.99. The van der Waals surface area contributed by atoms with E-state index in [9.17, 15) is 0 Å². The van der Waals surface area contributed by atoms with Gasteiger partial charge in [-0.15, -0.1) is 11.3 Å². The number of aromatic amines is 1. The van der Waals surface area contributed by atoms with Gasteiger partial charge in [0.2, 0.25) is 0 Å². The van der Waals surface area contributed by atoms with Crippen molar-refractivity contribution in [1.82, 2.24) is 9.97 Å². The lowest BCUT2D eigenvalue weighted by atomic mass is 10.1. The maximum Gasteiger partial charge on any atom is 0.107 e. The van der Waals surface area contributed by atoms with E-state index < -0.39 is 0 Å². The summed E-state index contributed by atoms with van der Waals surface area (Å²) in [6.45, 7) is 2.16. The van der Waals surface area contributed by atoms with Gasteiger partial charge in [0.05, 0.1) is 0 Å². The van der Waals surface area contributed by atoms with E-state index in [4.69, 9.17) is 5.73 Å². The second kappa shape index (κ2) is 4.59. The Balaban J connectivity index is 2.11. The Labute approximate surface area is 93.4 Å². The minimum Gasteiger partial charge on any atom is -0.349 e. The van der Waals surface area contributed by atoms with E-state index in [1.165, 1.54) is 10.4 Å². The second-order valence-electron chi connectivity index (χ2n) is 3.51. The van der Waals surface area contributed by atoms with Crippen molar-refractivity contribution in [3.8, 4) is 0 Å². The van der Waals surface area contributed by atoms with Crippen LogP contribution in [0.1, 0.15) is 29.2 Å².